The summed E-state index contributed by atoms with van der Waals surface area (Å²) < 4.78 is 2.07. The minimum absolute atomic E-state index is 0.226. The number of para-hydroxylation sites is 2. The third-order valence-electron chi connectivity index (χ3n) is 5.75. The van der Waals surface area contributed by atoms with E-state index in [4.69, 9.17) is 0 Å². The van der Waals surface area contributed by atoms with Gasteiger partial charge in [-0.2, -0.15) is 0 Å². The Hall–Kier alpha value is -2.82. The summed E-state index contributed by atoms with van der Waals surface area (Å²) in [5.74, 6) is 0.226. The first-order valence-corrected chi connectivity index (χ1v) is 10.1. The van der Waals surface area contributed by atoms with E-state index in [2.05, 4.69) is 53.0 Å². The predicted molar refractivity (Wildman–Crippen MR) is 113 cm³/mol. The number of nitrogens with one attached hydrogen (secondary N) is 1. The van der Waals surface area contributed by atoms with Crippen molar-refractivity contribution in [3.05, 3.63) is 59.9 Å². The van der Waals surface area contributed by atoms with Gasteiger partial charge < -0.3 is 14.8 Å². The molecular weight excluding hydrogens is 348 g/mol. The second kappa shape index (κ2) is 8.05. The summed E-state index contributed by atoms with van der Waals surface area (Å²) in [6, 6.07) is 14.8. The molecular formula is C23H28N4O. The van der Waals surface area contributed by atoms with E-state index in [0.29, 0.717) is 19.0 Å². The number of hydrogen-bond acceptors (Lipinski definition) is 3. The largest absolute Gasteiger partial charge is 0.381 e. The van der Waals surface area contributed by atoms with Crippen LogP contribution in [0.25, 0.3) is 11.0 Å². The first-order chi connectivity index (χ1) is 13.6. The number of anilines is 1. The molecule has 5 heteroatoms. The Balaban J connectivity index is 1.34. The molecule has 0 spiro atoms. The predicted octanol–water partition coefficient (Wildman–Crippen LogP) is 4.15. The van der Waals surface area contributed by atoms with Gasteiger partial charge in [0.05, 0.1) is 17.4 Å². The highest BCUT2D eigenvalue weighted by Crippen LogP contribution is 2.20. The van der Waals surface area contributed by atoms with Crippen LogP contribution in [-0.2, 0) is 11.3 Å². The van der Waals surface area contributed by atoms with Crippen molar-refractivity contribution in [1.82, 2.24) is 14.5 Å². The molecule has 2 aromatic carbocycles. The molecule has 1 aromatic heterocycles. The van der Waals surface area contributed by atoms with E-state index in [1.807, 2.05) is 29.4 Å². The molecule has 1 fully saturated rings. The second-order valence-corrected chi connectivity index (χ2v) is 7.80. The molecule has 1 saturated heterocycles. The lowest BCUT2D eigenvalue weighted by Crippen LogP contribution is -2.45. The highest BCUT2D eigenvalue weighted by atomic mass is 16.2. The second-order valence-electron chi connectivity index (χ2n) is 7.80. The van der Waals surface area contributed by atoms with Gasteiger partial charge in [0.1, 0.15) is 0 Å². The number of imidazole rings is 1. The molecule has 1 N–H and O–H groups in total. The molecule has 4 rings (SSSR count). The van der Waals surface area contributed by atoms with Crippen molar-refractivity contribution < 1.29 is 4.79 Å². The van der Waals surface area contributed by atoms with Crippen molar-refractivity contribution in [3.8, 4) is 0 Å². The normalized spacial score (nSPS) is 17.1. The fraction of sp³-hybridized carbons (Fsp3) is 0.391. The van der Waals surface area contributed by atoms with Gasteiger partial charge in [-0.25, -0.2) is 4.98 Å². The third kappa shape index (κ3) is 4.03. The Bertz CT molecular complexity index is 978. The molecule has 146 valence electrons. The Labute approximate surface area is 166 Å². The van der Waals surface area contributed by atoms with E-state index in [-0.39, 0.29) is 5.91 Å². The molecule has 1 aliphatic heterocycles. The Morgan fingerprint density at radius 1 is 1.18 bits per heavy atom. The maximum Gasteiger partial charge on any atom is 0.224 e. The molecule has 1 atom stereocenters. The summed E-state index contributed by atoms with van der Waals surface area (Å²) >= 11 is 0. The number of piperidine rings is 1. The third-order valence-corrected chi connectivity index (χ3v) is 5.75. The van der Waals surface area contributed by atoms with Crippen LogP contribution in [0.15, 0.2) is 48.8 Å². The van der Waals surface area contributed by atoms with E-state index in [0.717, 1.165) is 42.7 Å². The topological polar surface area (TPSA) is 50.2 Å². The van der Waals surface area contributed by atoms with Crippen LogP contribution in [0.5, 0.6) is 0 Å². The summed E-state index contributed by atoms with van der Waals surface area (Å²) in [6.45, 7) is 6.57. The molecule has 5 nitrogen and oxygen atoms in total. The zero-order valence-electron chi connectivity index (χ0n) is 16.7. The molecule has 1 amide bonds. The standard InChI is InChI=1S/C23H28N4O/c1-17-9-10-19(14-18(17)2)25-20-6-5-12-26(15-20)23(28)11-13-27-16-24-21-7-3-4-8-22(21)27/h3-4,7-10,14,16,20,25H,5-6,11-13,15H2,1-2H3. The van der Waals surface area contributed by atoms with Gasteiger partial charge in [-0.15, -0.1) is 0 Å². The molecule has 28 heavy (non-hydrogen) atoms. The highest BCUT2D eigenvalue weighted by Gasteiger charge is 2.23. The number of amides is 1. The number of carbonyl (C=O) groups is 1. The van der Waals surface area contributed by atoms with E-state index >= 15 is 0 Å². The number of nitrogens with zero attached hydrogens (tertiary/aromatic N) is 3. The van der Waals surface area contributed by atoms with Crippen molar-refractivity contribution in [2.24, 2.45) is 0 Å². The Morgan fingerprint density at radius 2 is 2.04 bits per heavy atom. The van der Waals surface area contributed by atoms with Crippen LogP contribution >= 0.6 is 0 Å². The SMILES string of the molecule is Cc1ccc(NC2CCCN(C(=O)CCn3cnc4ccccc43)C2)cc1C. The summed E-state index contributed by atoms with van der Waals surface area (Å²) in [5, 5.41) is 3.62. The average Bonchev–Trinajstić information content (AvgIpc) is 3.12. The number of carbonyl (C=O) groups excluding carboxylic acids is 1. The highest BCUT2D eigenvalue weighted by molar-refractivity contribution is 5.77. The van der Waals surface area contributed by atoms with Crippen LogP contribution in [0.2, 0.25) is 0 Å². The molecule has 2 heterocycles. The molecule has 0 radical (unpaired) electrons. The van der Waals surface area contributed by atoms with Crippen molar-refractivity contribution in [2.75, 3.05) is 18.4 Å². The van der Waals surface area contributed by atoms with Crippen molar-refractivity contribution in [1.29, 1.82) is 0 Å². The van der Waals surface area contributed by atoms with Crippen LogP contribution in [0.3, 0.4) is 0 Å². The molecule has 0 aliphatic carbocycles. The fourth-order valence-electron chi connectivity index (χ4n) is 3.95. The van der Waals surface area contributed by atoms with Gasteiger partial charge in [0.2, 0.25) is 5.91 Å². The molecule has 1 aliphatic rings. The van der Waals surface area contributed by atoms with Crippen LogP contribution in [-0.4, -0.2) is 39.5 Å². The van der Waals surface area contributed by atoms with Gasteiger partial charge in [-0.3, -0.25) is 4.79 Å². The molecule has 1 unspecified atom stereocenters. The first kappa shape index (κ1) is 18.5. The number of rotatable bonds is 5. The van der Waals surface area contributed by atoms with Crippen molar-refractivity contribution in [3.63, 3.8) is 0 Å². The van der Waals surface area contributed by atoms with Gasteiger partial charge in [-0.1, -0.05) is 18.2 Å². The van der Waals surface area contributed by atoms with Crippen molar-refractivity contribution >= 4 is 22.6 Å². The van der Waals surface area contributed by atoms with Gasteiger partial charge >= 0.3 is 0 Å². The van der Waals surface area contributed by atoms with Gasteiger partial charge in [0, 0.05) is 37.8 Å². The first-order valence-electron chi connectivity index (χ1n) is 10.1. The molecule has 0 bridgehead atoms. The average molecular weight is 377 g/mol. The van der Waals surface area contributed by atoms with E-state index in [1.54, 1.807) is 0 Å². The lowest BCUT2D eigenvalue weighted by molar-refractivity contribution is -0.132. The van der Waals surface area contributed by atoms with Crippen LogP contribution in [0.1, 0.15) is 30.4 Å². The molecule has 3 aromatic rings. The lowest BCUT2D eigenvalue weighted by Gasteiger charge is -2.34. The van der Waals surface area contributed by atoms with Gasteiger partial charge in [0.15, 0.2) is 0 Å². The van der Waals surface area contributed by atoms with Crippen LogP contribution < -0.4 is 5.32 Å². The number of aromatic nitrogens is 2. The summed E-state index contributed by atoms with van der Waals surface area (Å²) in [5.41, 5.74) is 5.81. The Morgan fingerprint density at radius 3 is 2.89 bits per heavy atom. The number of hydrogen-bond donors (Lipinski definition) is 1. The number of benzene rings is 2. The van der Waals surface area contributed by atoms with E-state index in [9.17, 15) is 4.79 Å². The summed E-state index contributed by atoms with van der Waals surface area (Å²) in [7, 11) is 0. The minimum atomic E-state index is 0.226. The monoisotopic (exact) mass is 376 g/mol. The fourth-order valence-corrected chi connectivity index (χ4v) is 3.95. The number of aryl methyl sites for hydroxylation is 3. The summed E-state index contributed by atoms with van der Waals surface area (Å²) in [6.07, 6.45) is 4.49. The quantitative estimate of drug-likeness (QED) is 0.728. The lowest BCUT2D eigenvalue weighted by atomic mass is 10.0. The van der Waals surface area contributed by atoms with E-state index < -0.39 is 0 Å². The number of likely N-dealkylation sites (tertiary alicyclic amines) is 1. The minimum Gasteiger partial charge on any atom is -0.381 e. The zero-order valence-corrected chi connectivity index (χ0v) is 16.7. The van der Waals surface area contributed by atoms with Crippen LogP contribution in [0, 0.1) is 13.8 Å². The van der Waals surface area contributed by atoms with Gasteiger partial charge in [0.25, 0.3) is 0 Å². The maximum atomic E-state index is 12.8. The maximum absolute atomic E-state index is 12.8. The summed E-state index contributed by atoms with van der Waals surface area (Å²) in [4.78, 5) is 19.2. The zero-order chi connectivity index (χ0) is 19.5. The van der Waals surface area contributed by atoms with Crippen molar-refractivity contribution in [2.45, 2.75) is 45.7 Å². The molecule has 0 saturated carbocycles. The van der Waals surface area contributed by atoms with Gasteiger partial charge in [-0.05, 0) is 62.1 Å². The van der Waals surface area contributed by atoms with E-state index in [1.165, 1.54) is 11.1 Å². The Kier molecular flexibility index (Phi) is 5.33. The smallest absolute Gasteiger partial charge is 0.224 e. The number of fused-ring (bicyclic) bond motifs is 1. The van der Waals surface area contributed by atoms with Crippen LogP contribution in [0.4, 0.5) is 5.69 Å².